The second-order valence-electron chi connectivity index (χ2n) is 5.49. The van der Waals surface area contributed by atoms with Gasteiger partial charge >= 0.3 is 0 Å². The monoisotopic (exact) mass is 383 g/mol. The molecule has 1 aromatic rings. The number of benzene rings is 1. The van der Waals surface area contributed by atoms with E-state index in [9.17, 15) is 18.5 Å². The van der Waals surface area contributed by atoms with E-state index in [0.717, 1.165) is 18.6 Å². The van der Waals surface area contributed by atoms with E-state index >= 15 is 0 Å². The van der Waals surface area contributed by atoms with Crippen molar-refractivity contribution < 1.29 is 13.3 Å². The summed E-state index contributed by atoms with van der Waals surface area (Å²) in [6, 6.07) is 3.42. The summed E-state index contributed by atoms with van der Waals surface area (Å²) in [6.45, 7) is 2.43. The van der Waals surface area contributed by atoms with Gasteiger partial charge in [0, 0.05) is 30.2 Å². The predicted octanol–water partition coefficient (Wildman–Crippen LogP) is 2.42. The molecule has 0 spiro atoms. The van der Waals surface area contributed by atoms with Gasteiger partial charge in [-0.25, -0.2) is 8.42 Å². The quantitative estimate of drug-likeness (QED) is 0.634. The van der Waals surface area contributed by atoms with Crippen LogP contribution in [0.4, 0.5) is 5.69 Å². The van der Waals surface area contributed by atoms with E-state index in [1.807, 2.05) is 6.92 Å². The Kier molecular flexibility index (Phi) is 6.79. The number of hydrogen-bond donors (Lipinski definition) is 1. The third-order valence-electron chi connectivity index (χ3n) is 3.90. The molecule has 2 rings (SSSR count). The summed E-state index contributed by atoms with van der Waals surface area (Å²) in [5, 5.41) is 11.2. The minimum Gasteiger partial charge on any atom is -0.328 e. The maximum absolute atomic E-state index is 12.8. The zero-order chi connectivity index (χ0) is 16.5. The average molecular weight is 384 g/mol. The third-order valence-corrected chi connectivity index (χ3v) is 6.03. The van der Waals surface area contributed by atoms with Gasteiger partial charge in [-0.1, -0.05) is 11.6 Å². The summed E-state index contributed by atoms with van der Waals surface area (Å²) in [6.07, 6.45) is 1.53. The molecule has 0 bridgehead atoms. The molecule has 1 fully saturated rings. The number of nitrogens with zero attached hydrogens (tertiary/aromatic N) is 2. The van der Waals surface area contributed by atoms with Crippen LogP contribution in [0.15, 0.2) is 23.1 Å². The molecule has 10 heteroatoms. The molecule has 1 heterocycles. The Morgan fingerprint density at radius 2 is 2.13 bits per heavy atom. The van der Waals surface area contributed by atoms with Gasteiger partial charge in [0.25, 0.3) is 5.69 Å². The van der Waals surface area contributed by atoms with Crippen LogP contribution in [0.5, 0.6) is 0 Å². The van der Waals surface area contributed by atoms with Gasteiger partial charge in [0.15, 0.2) is 4.90 Å². The van der Waals surface area contributed by atoms with E-state index < -0.39 is 20.6 Å². The normalized spacial score (nSPS) is 20.6. The van der Waals surface area contributed by atoms with E-state index in [-0.39, 0.29) is 40.8 Å². The summed E-state index contributed by atoms with van der Waals surface area (Å²) < 4.78 is 26.8. The van der Waals surface area contributed by atoms with Crippen molar-refractivity contribution in [1.82, 2.24) is 4.31 Å². The number of nitro benzene ring substituents is 1. The second kappa shape index (κ2) is 7.76. The smallest absolute Gasteiger partial charge is 0.289 e. The van der Waals surface area contributed by atoms with Gasteiger partial charge < -0.3 is 5.73 Å². The van der Waals surface area contributed by atoms with Crippen molar-refractivity contribution in [3.63, 3.8) is 0 Å². The van der Waals surface area contributed by atoms with Gasteiger partial charge in [-0.2, -0.15) is 4.31 Å². The first-order valence-electron chi connectivity index (χ1n) is 6.93. The van der Waals surface area contributed by atoms with Crippen molar-refractivity contribution >= 4 is 39.7 Å². The standard InChI is InChI=1S/C13H18ClN3O4S.ClH/c1-9(15)10-3-2-6-16(8-10)22(20,21)13-7-11(14)4-5-12(13)17(18)19;/h4-5,7,9-10H,2-3,6,8,15H2,1H3;1H. The van der Waals surface area contributed by atoms with Crippen molar-refractivity contribution in [1.29, 1.82) is 0 Å². The lowest BCUT2D eigenvalue weighted by molar-refractivity contribution is -0.387. The molecule has 0 amide bonds. The van der Waals surface area contributed by atoms with Crippen LogP contribution in [-0.4, -0.2) is 36.8 Å². The first-order chi connectivity index (χ1) is 10.2. The molecule has 2 unspecified atom stereocenters. The lowest BCUT2D eigenvalue weighted by Crippen LogP contribution is -2.45. The number of hydrogen-bond acceptors (Lipinski definition) is 5. The first kappa shape index (κ1) is 20.1. The fourth-order valence-corrected chi connectivity index (χ4v) is 4.56. The summed E-state index contributed by atoms with van der Waals surface area (Å²) in [7, 11) is -3.97. The molecule has 0 saturated carbocycles. The Balaban J connectivity index is 0.00000264. The third kappa shape index (κ3) is 4.33. The fraction of sp³-hybridized carbons (Fsp3) is 0.538. The molecule has 23 heavy (non-hydrogen) atoms. The zero-order valence-corrected chi connectivity index (χ0v) is 14.9. The van der Waals surface area contributed by atoms with Crippen LogP contribution in [0.3, 0.4) is 0 Å². The number of rotatable bonds is 4. The molecular formula is C13H19Cl2N3O4S. The molecule has 2 N–H and O–H groups in total. The Hall–Kier alpha value is -0.930. The lowest BCUT2D eigenvalue weighted by atomic mass is 9.93. The number of halogens is 2. The molecule has 1 aliphatic rings. The maximum Gasteiger partial charge on any atom is 0.289 e. The number of nitrogens with two attached hydrogens (primary N) is 1. The molecule has 1 saturated heterocycles. The van der Waals surface area contributed by atoms with E-state index in [4.69, 9.17) is 17.3 Å². The Morgan fingerprint density at radius 1 is 1.48 bits per heavy atom. The van der Waals surface area contributed by atoms with Crippen molar-refractivity contribution in [3.8, 4) is 0 Å². The fourth-order valence-electron chi connectivity index (χ4n) is 2.61. The first-order valence-corrected chi connectivity index (χ1v) is 8.75. The Bertz CT molecular complexity index is 682. The largest absolute Gasteiger partial charge is 0.328 e. The molecule has 0 radical (unpaired) electrons. The van der Waals surface area contributed by atoms with E-state index in [1.54, 1.807) is 0 Å². The summed E-state index contributed by atoms with van der Waals surface area (Å²) in [4.78, 5) is 10.0. The lowest BCUT2D eigenvalue weighted by Gasteiger charge is -2.33. The highest BCUT2D eigenvalue weighted by molar-refractivity contribution is 7.89. The number of piperidine rings is 1. The van der Waals surface area contributed by atoms with Crippen LogP contribution in [-0.2, 0) is 10.0 Å². The number of nitro groups is 1. The van der Waals surface area contributed by atoms with Crippen molar-refractivity contribution in [3.05, 3.63) is 33.3 Å². The number of sulfonamides is 1. The van der Waals surface area contributed by atoms with Crippen molar-refractivity contribution in [2.24, 2.45) is 11.7 Å². The second-order valence-corrected chi connectivity index (χ2v) is 7.84. The van der Waals surface area contributed by atoms with E-state index in [2.05, 4.69) is 0 Å². The molecule has 7 nitrogen and oxygen atoms in total. The Labute approximate surface area is 146 Å². The van der Waals surface area contributed by atoms with Crippen LogP contribution in [0, 0.1) is 16.0 Å². The van der Waals surface area contributed by atoms with Gasteiger partial charge in [0.05, 0.1) is 4.92 Å². The maximum atomic E-state index is 12.8. The van der Waals surface area contributed by atoms with Gasteiger partial charge in [-0.05, 0) is 37.8 Å². The average Bonchev–Trinajstić information content (AvgIpc) is 2.47. The predicted molar refractivity (Wildman–Crippen MR) is 90.5 cm³/mol. The van der Waals surface area contributed by atoms with Crippen molar-refractivity contribution in [2.75, 3.05) is 13.1 Å². The minimum absolute atomic E-state index is 0. The SMILES string of the molecule is CC(N)C1CCCN(S(=O)(=O)c2cc(Cl)ccc2[N+](=O)[O-])C1.Cl. The van der Waals surface area contributed by atoms with Crippen LogP contribution < -0.4 is 5.73 Å². The topological polar surface area (TPSA) is 107 Å². The highest BCUT2D eigenvalue weighted by Gasteiger charge is 2.35. The molecule has 1 aromatic carbocycles. The van der Waals surface area contributed by atoms with Crippen LogP contribution in [0.2, 0.25) is 5.02 Å². The van der Waals surface area contributed by atoms with Crippen molar-refractivity contribution in [2.45, 2.75) is 30.7 Å². The summed E-state index contributed by atoms with van der Waals surface area (Å²) >= 11 is 5.82. The minimum atomic E-state index is -3.97. The van der Waals surface area contributed by atoms with Gasteiger partial charge in [-0.15, -0.1) is 12.4 Å². The molecule has 1 aliphatic heterocycles. The zero-order valence-electron chi connectivity index (χ0n) is 12.5. The molecular weight excluding hydrogens is 365 g/mol. The van der Waals surface area contributed by atoms with Gasteiger partial charge in [0.2, 0.25) is 10.0 Å². The molecule has 0 aliphatic carbocycles. The van der Waals surface area contributed by atoms with E-state index in [0.29, 0.717) is 13.0 Å². The van der Waals surface area contributed by atoms with Gasteiger partial charge in [0.1, 0.15) is 0 Å². The highest BCUT2D eigenvalue weighted by Crippen LogP contribution is 2.32. The Morgan fingerprint density at radius 3 is 2.70 bits per heavy atom. The van der Waals surface area contributed by atoms with Gasteiger partial charge in [-0.3, -0.25) is 10.1 Å². The van der Waals surface area contributed by atoms with Crippen LogP contribution in [0.25, 0.3) is 0 Å². The molecule has 0 aromatic heterocycles. The molecule has 2 atom stereocenters. The van der Waals surface area contributed by atoms with E-state index in [1.165, 1.54) is 10.4 Å². The molecule has 130 valence electrons. The summed E-state index contributed by atoms with van der Waals surface area (Å²) in [5.74, 6) is 0.0433. The highest BCUT2D eigenvalue weighted by atomic mass is 35.5. The van der Waals surface area contributed by atoms with Crippen LogP contribution in [0.1, 0.15) is 19.8 Å². The van der Waals surface area contributed by atoms with Crippen LogP contribution >= 0.6 is 24.0 Å². The summed E-state index contributed by atoms with van der Waals surface area (Å²) in [5.41, 5.74) is 5.40.